The fraction of sp³-hybridized carbons (Fsp3) is 0.391. The molecule has 2 atom stereocenters. The summed E-state index contributed by atoms with van der Waals surface area (Å²) in [7, 11) is 1.64. The number of ether oxygens (including phenoxy) is 2. The zero-order valence-corrected chi connectivity index (χ0v) is 17.8. The fourth-order valence-electron chi connectivity index (χ4n) is 3.79. The van der Waals surface area contributed by atoms with E-state index in [1.54, 1.807) is 23.8 Å². The number of para-hydroxylation sites is 1. The zero-order valence-electron chi connectivity index (χ0n) is 17.0. The molecule has 0 spiro atoms. The van der Waals surface area contributed by atoms with Gasteiger partial charge in [0.15, 0.2) is 0 Å². The van der Waals surface area contributed by atoms with Crippen LogP contribution in [0.1, 0.15) is 30.1 Å². The van der Waals surface area contributed by atoms with E-state index in [1.807, 2.05) is 48.5 Å². The Morgan fingerprint density at radius 1 is 1.23 bits per heavy atom. The highest BCUT2D eigenvalue weighted by Crippen LogP contribution is 2.45. The predicted octanol–water partition coefficient (Wildman–Crippen LogP) is 3.56. The number of anilines is 1. The van der Waals surface area contributed by atoms with Crippen LogP contribution in [-0.4, -0.2) is 44.7 Å². The maximum Gasteiger partial charge on any atom is 0.240 e. The Balaban J connectivity index is 1.50. The van der Waals surface area contributed by atoms with Crippen molar-refractivity contribution in [2.45, 2.75) is 35.5 Å². The number of amides is 2. The molecule has 2 aliphatic rings. The predicted molar refractivity (Wildman–Crippen MR) is 117 cm³/mol. The third-order valence-electron chi connectivity index (χ3n) is 5.43. The average Bonchev–Trinajstić information content (AvgIpc) is 3.25. The normalized spacial score (nSPS) is 21.1. The number of methoxy groups -OCH3 is 1. The van der Waals surface area contributed by atoms with E-state index in [-0.39, 0.29) is 29.7 Å². The number of nitrogens with one attached hydrogen (secondary N) is 1. The van der Waals surface area contributed by atoms with Crippen molar-refractivity contribution < 1.29 is 19.1 Å². The van der Waals surface area contributed by atoms with Crippen LogP contribution in [0.3, 0.4) is 0 Å². The van der Waals surface area contributed by atoms with Crippen LogP contribution in [-0.2, 0) is 14.3 Å². The number of carbonyl (C=O) groups excluding carboxylic acids is 2. The Morgan fingerprint density at radius 2 is 2.03 bits per heavy atom. The number of nitrogens with zero attached hydrogens (tertiary/aromatic N) is 1. The van der Waals surface area contributed by atoms with E-state index in [1.165, 1.54) is 0 Å². The van der Waals surface area contributed by atoms with Crippen molar-refractivity contribution in [3.63, 3.8) is 0 Å². The lowest BCUT2D eigenvalue weighted by molar-refractivity contribution is -0.124. The van der Waals surface area contributed by atoms with Crippen LogP contribution in [0.5, 0.6) is 5.75 Å². The molecule has 0 radical (unpaired) electrons. The molecule has 2 amide bonds. The van der Waals surface area contributed by atoms with Crippen molar-refractivity contribution in [2.75, 3.05) is 31.7 Å². The van der Waals surface area contributed by atoms with Gasteiger partial charge in [-0.1, -0.05) is 24.3 Å². The molecule has 1 fully saturated rings. The van der Waals surface area contributed by atoms with Crippen LogP contribution in [0, 0.1) is 0 Å². The van der Waals surface area contributed by atoms with Crippen LogP contribution in [0.15, 0.2) is 53.4 Å². The van der Waals surface area contributed by atoms with Crippen molar-refractivity contribution in [3.05, 3.63) is 54.1 Å². The lowest BCUT2D eigenvalue weighted by Gasteiger charge is -2.22. The van der Waals surface area contributed by atoms with E-state index >= 15 is 0 Å². The van der Waals surface area contributed by atoms with E-state index in [4.69, 9.17) is 9.47 Å². The molecule has 2 aliphatic heterocycles. The molecule has 6 nitrogen and oxygen atoms in total. The van der Waals surface area contributed by atoms with Crippen molar-refractivity contribution >= 4 is 29.3 Å². The molecule has 0 unspecified atom stereocenters. The molecule has 0 aliphatic carbocycles. The van der Waals surface area contributed by atoms with Crippen LogP contribution in [0.4, 0.5) is 5.69 Å². The van der Waals surface area contributed by atoms with Crippen molar-refractivity contribution in [2.24, 2.45) is 0 Å². The first kappa shape index (κ1) is 20.8. The highest BCUT2D eigenvalue weighted by Gasteiger charge is 2.30. The number of hydrogen-bond acceptors (Lipinski definition) is 5. The number of benzene rings is 2. The minimum absolute atomic E-state index is 0.0124. The SMILES string of the molecule is COc1ccc([C@H]2CC(=O)N(CC(=O)NC[C@@H]3CCCO3)c3ccccc3S2)cc1. The van der Waals surface area contributed by atoms with Crippen LogP contribution in [0.25, 0.3) is 0 Å². The lowest BCUT2D eigenvalue weighted by atomic mass is 10.1. The Hall–Kier alpha value is -2.51. The third-order valence-corrected chi connectivity index (χ3v) is 6.75. The Bertz CT molecular complexity index is 896. The number of hydrogen-bond donors (Lipinski definition) is 1. The molecule has 2 aromatic carbocycles. The molecule has 1 N–H and O–H groups in total. The maximum absolute atomic E-state index is 13.2. The van der Waals surface area contributed by atoms with E-state index < -0.39 is 0 Å². The number of carbonyl (C=O) groups is 2. The van der Waals surface area contributed by atoms with Crippen molar-refractivity contribution in [1.82, 2.24) is 5.32 Å². The monoisotopic (exact) mass is 426 g/mol. The molecule has 0 aromatic heterocycles. The van der Waals surface area contributed by atoms with Gasteiger partial charge in [-0.05, 0) is 42.7 Å². The average molecular weight is 427 g/mol. The highest BCUT2D eigenvalue weighted by molar-refractivity contribution is 7.99. The van der Waals surface area contributed by atoms with Gasteiger partial charge in [-0.25, -0.2) is 0 Å². The standard InChI is InChI=1S/C23H26N2O4S/c1-28-17-10-8-16(9-11-17)21-13-23(27)25(19-6-2-3-7-20(19)30-21)15-22(26)24-14-18-5-4-12-29-18/h2-3,6-11,18,21H,4-5,12-15H2,1H3,(H,24,26)/t18-,21+/m0/s1. The first-order chi connectivity index (χ1) is 14.6. The van der Waals surface area contributed by atoms with Gasteiger partial charge >= 0.3 is 0 Å². The molecular formula is C23H26N2O4S. The van der Waals surface area contributed by atoms with Gasteiger partial charge in [0, 0.05) is 29.7 Å². The smallest absolute Gasteiger partial charge is 0.240 e. The zero-order chi connectivity index (χ0) is 20.9. The summed E-state index contributed by atoms with van der Waals surface area (Å²) in [5.74, 6) is 0.565. The summed E-state index contributed by atoms with van der Waals surface area (Å²) in [6, 6.07) is 15.6. The molecule has 0 bridgehead atoms. The van der Waals surface area contributed by atoms with Gasteiger partial charge in [-0.15, -0.1) is 11.8 Å². The summed E-state index contributed by atoms with van der Waals surface area (Å²) in [5.41, 5.74) is 1.85. The molecule has 1 saturated heterocycles. The summed E-state index contributed by atoms with van der Waals surface area (Å²) in [6.07, 6.45) is 2.40. The largest absolute Gasteiger partial charge is 0.497 e. The van der Waals surface area contributed by atoms with Gasteiger partial charge in [0.1, 0.15) is 12.3 Å². The minimum atomic E-state index is -0.165. The maximum atomic E-state index is 13.2. The van der Waals surface area contributed by atoms with Gasteiger partial charge in [-0.3, -0.25) is 9.59 Å². The number of fused-ring (bicyclic) bond motifs is 1. The highest BCUT2D eigenvalue weighted by atomic mass is 32.2. The molecule has 2 heterocycles. The second-order valence-corrected chi connectivity index (χ2v) is 8.72. The third kappa shape index (κ3) is 4.79. The summed E-state index contributed by atoms with van der Waals surface area (Å²) in [5, 5.41) is 2.90. The lowest BCUT2D eigenvalue weighted by Crippen LogP contribution is -2.42. The van der Waals surface area contributed by atoms with Gasteiger partial charge in [0.25, 0.3) is 0 Å². The summed E-state index contributed by atoms with van der Waals surface area (Å²) in [4.78, 5) is 28.3. The van der Waals surface area contributed by atoms with E-state index in [9.17, 15) is 9.59 Å². The number of thioether (sulfide) groups is 1. The first-order valence-electron chi connectivity index (χ1n) is 10.2. The summed E-state index contributed by atoms with van der Waals surface area (Å²) >= 11 is 1.66. The van der Waals surface area contributed by atoms with E-state index in [2.05, 4.69) is 5.32 Å². The van der Waals surface area contributed by atoms with Crippen LogP contribution in [0.2, 0.25) is 0 Å². The molecule has 30 heavy (non-hydrogen) atoms. The minimum Gasteiger partial charge on any atom is -0.497 e. The molecular weight excluding hydrogens is 400 g/mol. The molecule has 7 heteroatoms. The quantitative estimate of drug-likeness (QED) is 0.765. The van der Waals surface area contributed by atoms with E-state index in [0.717, 1.165) is 41.3 Å². The van der Waals surface area contributed by atoms with Gasteiger partial charge in [-0.2, -0.15) is 0 Å². The summed E-state index contributed by atoms with van der Waals surface area (Å²) in [6.45, 7) is 1.26. The van der Waals surface area contributed by atoms with Crippen LogP contribution >= 0.6 is 11.8 Å². The Morgan fingerprint density at radius 3 is 2.77 bits per heavy atom. The topological polar surface area (TPSA) is 67.9 Å². The van der Waals surface area contributed by atoms with Gasteiger partial charge in [0.2, 0.25) is 11.8 Å². The second kappa shape index (κ2) is 9.53. The molecule has 2 aromatic rings. The first-order valence-corrected chi connectivity index (χ1v) is 11.1. The number of rotatable bonds is 6. The van der Waals surface area contributed by atoms with Gasteiger partial charge < -0.3 is 19.7 Å². The van der Waals surface area contributed by atoms with Crippen LogP contribution < -0.4 is 15.0 Å². The van der Waals surface area contributed by atoms with Gasteiger partial charge in [0.05, 0.1) is 18.9 Å². The van der Waals surface area contributed by atoms with Crippen molar-refractivity contribution in [1.29, 1.82) is 0 Å². The van der Waals surface area contributed by atoms with E-state index in [0.29, 0.717) is 13.0 Å². The summed E-state index contributed by atoms with van der Waals surface area (Å²) < 4.78 is 10.8. The second-order valence-electron chi connectivity index (χ2n) is 7.47. The molecule has 158 valence electrons. The Kier molecular flexibility index (Phi) is 6.59. The van der Waals surface area contributed by atoms with Crippen molar-refractivity contribution in [3.8, 4) is 5.75 Å². The fourth-order valence-corrected chi connectivity index (χ4v) is 5.07. The molecule has 4 rings (SSSR count). The Labute approximate surface area is 180 Å². The molecule has 0 saturated carbocycles.